The molecule has 2 nitrogen and oxygen atoms in total. The van der Waals surface area contributed by atoms with Crippen molar-refractivity contribution in [3.8, 4) is 0 Å². The molecule has 1 aromatic heterocycles. The Bertz CT molecular complexity index is 574. The maximum atomic E-state index is 5.79. The molecular weight excluding hydrogens is 252 g/mol. The van der Waals surface area contributed by atoms with E-state index in [-0.39, 0.29) is 0 Å². The molecule has 3 heteroatoms. The van der Waals surface area contributed by atoms with E-state index in [1.165, 1.54) is 33.1 Å². The normalized spacial score (nSPS) is 18.3. The van der Waals surface area contributed by atoms with Gasteiger partial charge in [0.1, 0.15) is 0 Å². The van der Waals surface area contributed by atoms with E-state index in [4.69, 9.17) is 10.7 Å². The van der Waals surface area contributed by atoms with Crippen LogP contribution in [0.15, 0.2) is 24.3 Å². The van der Waals surface area contributed by atoms with Gasteiger partial charge >= 0.3 is 0 Å². The summed E-state index contributed by atoms with van der Waals surface area (Å²) in [6.45, 7) is 2.98. The first kappa shape index (κ1) is 12.8. The monoisotopic (exact) mass is 272 g/mol. The van der Waals surface area contributed by atoms with E-state index in [0.717, 1.165) is 25.8 Å². The number of hydrogen-bond donors (Lipinski definition) is 1. The molecule has 0 saturated heterocycles. The zero-order chi connectivity index (χ0) is 13.2. The third kappa shape index (κ3) is 2.72. The third-order valence-electron chi connectivity index (χ3n) is 4.02. The van der Waals surface area contributed by atoms with Crippen LogP contribution in [0.4, 0.5) is 0 Å². The molecule has 19 heavy (non-hydrogen) atoms. The van der Waals surface area contributed by atoms with Gasteiger partial charge in [-0.2, -0.15) is 0 Å². The van der Waals surface area contributed by atoms with Gasteiger partial charge < -0.3 is 5.73 Å². The zero-order valence-corrected chi connectivity index (χ0v) is 12.2. The van der Waals surface area contributed by atoms with Crippen LogP contribution in [0.2, 0.25) is 0 Å². The molecule has 2 N–H and O–H groups in total. The van der Waals surface area contributed by atoms with Crippen LogP contribution in [-0.2, 0) is 19.3 Å². The topological polar surface area (TPSA) is 38.9 Å². The molecule has 1 aromatic carbocycles. The van der Waals surface area contributed by atoms with Gasteiger partial charge in [0.25, 0.3) is 0 Å². The van der Waals surface area contributed by atoms with Gasteiger partial charge in [-0.25, -0.2) is 4.98 Å². The van der Waals surface area contributed by atoms with Crippen molar-refractivity contribution in [2.45, 2.75) is 32.6 Å². The summed E-state index contributed by atoms with van der Waals surface area (Å²) in [7, 11) is 0. The number of aromatic nitrogens is 1. The molecule has 1 atom stereocenters. The van der Waals surface area contributed by atoms with Gasteiger partial charge in [0.15, 0.2) is 0 Å². The lowest BCUT2D eigenvalue weighted by Gasteiger charge is -2.18. The Morgan fingerprint density at radius 2 is 2.21 bits per heavy atom. The van der Waals surface area contributed by atoms with E-state index >= 15 is 0 Å². The largest absolute Gasteiger partial charge is 0.330 e. The molecule has 1 unspecified atom stereocenters. The van der Waals surface area contributed by atoms with E-state index in [2.05, 4.69) is 31.2 Å². The number of rotatable bonds is 3. The molecule has 3 rings (SSSR count). The van der Waals surface area contributed by atoms with Crippen molar-refractivity contribution in [2.75, 3.05) is 6.54 Å². The first-order valence-corrected chi connectivity index (χ1v) is 7.80. The van der Waals surface area contributed by atoms with Crippen LogP contribution in [0.3, 0.4) is 0 Å². The first-order valence-electron chi connectivity index (χ1n) is 6.98. The van der Waals surface area contributed by atoms with E-state index in [1.54, 1.807) is 0 Å². The second kappa shape index (κ2) is 5.43. The van der Waals surface area contributed by atoms with Crippen LogP contribution in [-0.4, -0.2) is 11.5 Å². The fraction of sp³-hybridized carbons (Fsp3) is 0.438. The summed E-state index contributed by atoms with van der Waals surface area (Å²) in [5, 5.41) is 1.26. The van der Waals surface area contributed by atoms with Crippen LogP contribution in [0.1, 0.15) is 33.1 Å². The van der Waals surface area contributed by atoms with Gasteiger partial charge in [-0.05, 0) is 49.8 Å². The maximum Gasteiger partial charge on any atom is 0.0975 e. The quantitative estimate of drug-likeness (QED) is 0.932. The van der Waals surface area contributed by atoms with Crippen LogP contribution in [0.25, 0.3) is 0 Å². The van der Waals surface area contributed by atoms with Crippen molar-refractivity contribution in [1.82, 2.24) is 4.98 Å². The summed E-state index contributed by atoms with van der Waals surface area (Å²) in [6, 6.07) is 8.59. The SMILES string of the molecule is Cc1ccccc1Cc1nc2c(s1)CC(CN)CC2. The lowest BCUT2D eigenvalue weighted by Crippen LogP contribution is -2.21. The molecule has 0 fully saturated rings. The van der Waals surface area contributed by atoms with Crippen LogP contribution < -0.4 is 5.73 Å². The average molecular weight is 272 g/mol. The molecule has 0 bridgehead atoms. The molecule has 0 spiro atoms. The second-order valence-corrected chi connectivity index (χ2v) is 6.59. The molecule has 0 aliphatic heterocycles. The Morgan fingerprint density at radius 1 is 1.37 bits per heavy atom. The summed E-state index contributed by atoms with van der Waals surface area (Å²) in [5.41, 5.74) is 9.88. The van der Waals surface area contributed by atoms with Crippen molar-refractivity contribution >= 4 is 11.3 Å². The smallest absolute Gasteiger partial charge is 0.0975 e. The summed E-state index contributed by atoms with van der Waals surface area (Å²) < 4.78 is 0. The minimum atomic E-state index is 0.666. The van der Waals surface area contributed by atoms with E-state index in [9.17, 15) is 0 Å². The minimum Gasteiger partial charge on any atom is -0.330 e. The maximum absolute atomic E-state index is 5.79. The predicted octanol–water partition coefficient (Wildman–Crippen LogP) is 3.11. The molecule has 2 aromatic rings. The van der Waals surface area contributed by atoms with E-state index in [1.807, 2.05) is 11.3 Å². The highest BCUT2D eigenvalue weighted by molar-refractivity contribution is 7.11. The Morgan fingerprint density at radius 3 is 3.00 bits per heavy atom. The molecule has 0 radical (unpaired) electrons. The molecule has 1 aliphatic rings. The second-order valence-electron chi connectivity index (χ2n) is 5.43. The van der Waals surface area contributed by atoms with Crippen molar-refractivity contribution < 1.29 is 0 Å². The highest BCUT2D eigenvalue weighted by atomic mass is 32.1. The van der Waals surface area contributed by atoms with Crippen molar-refractivity contribution in [2.24, 2.45) is 11.7 Å². The van der Waals surface area contributed by atoms with Crippen LogP contribution in [0.5, 0.6) is 0 Å². The lowest BCUT2D eigenvalue weighted by molar-refractivity contribution is 0.469. The molecule has 0 saturated carbocycles. The van der Waals surface area contributed by atoms with Crippen molar-refractivity contribution in [3.05, 3.63) is 51.0 Å². The summed E-state index contributed by atoms with van der Waals surface area (Å²) in [4.78, 5) is 6.31. The lowest BCUT2D eigenvalue weighted by atomic mass is 9.91. The van der Waals surface area contributed by atoms with Crippen molar-refractivity contribution in [1.29, 1.82) is 0 Å². The number of nitrogens with two attached hydrogens (primary N) is 1. The highest BCUT2D eigenvalue weighted by Gasteiger charge is 2.21. The average Bonchev–Trinajstić information content (AvgIpc) is 2.82. The van der Waals surface area contributed by atoms with E-state index < -0.39 is 0 Å². The van der Waals surface area contributed by atoms with Gasteiger partial charge in [-0.15, -0.1) is 11.3 Å². The number of benzene rings is 1. The van der Waals surface area contributed by atoms with Crippen molar-refractivity contribution in [3.63, 3.8) is 0 Å². The standard InChI is InChI=1S/C16H20N2S/c1-11-4-2-3-5-13(11)9-16-18-14-7-6-12(10-17)8-15(14)19-16/h2-5,12H,6-10,17H2,1H3. The summed E-state index contributed by atoms with van der Waals surface area (Å²) in [6.07, 6.45) is 4.42. The van der Waals surface area contributed by atoms with Crippen LogP contribution in [0, 0.1) is 12.8 Å². The highest BCUT2D eigenvalue weighted by Crippen LogP contribution is 2.30. The number of hydrogen-bond acceptors (Lipinski definition) is 3. The van der Waals surface area contributed by atoms with Gasteiger partial charge in [-0.3, -0.25) is 0 Å². The Hall–Kier alpha value is -1.19. The molecule has 1 heterocycles. The number of thiazole rings is 1. The van der Waals surface area contributed by atoms with Gasteiger partial charge in [0.05, 0.1) is 10.7 Å². The Balaban J connectivity index is 1.80. The van der Waals surface area contributed by atoms with Gasteiger partial charge in [-0.1, -0.05) is 24.3 Å². The Kier molecular flexibility index (Phi) is 3.67. The molecule has 100 valence electrons. The molecule has 0 amide bonds. The number of fused-ring (bicyclic) bond motifs is 1. The van der Waals surface area contributed by atoms with Gasteiger partial charge in [0, 0.05) is 11.3 Å². The fourth-order valence-electron chi connectivity index (χ4n) is 2.74. The first-order chi connectivity index (χ1) is 9.26. The minimum absolute atomic E-state index is 0.666. The van der Waals surface area contributed by atoms with Gasteiger partial charge in [0.2, 0.25) is 0 Å². The van der Waals surface area contributed by atoms with E-state index in [0.29, 0.717) is 5.92 Å². The zero-order valence-electron chi connectivity index (χ0n) is 11.4. The summed E-state index contributed by atoms with van der Waals surface area (Å²) in [5.74, 6) is 0.666. The Labute approximate surface area is 118 Å². The van der Waals surface area contributed by atoms with Crippen LogP contribution >= 0.6 is 11.3 Å². The molecule has 1 aliphatic carbocycles. The number of nitrogens with zero attached hydrogens (tertiary/aromatic N) is 1. The third-order valence-corrected chi connectivity index (χ3v) is 5.14. The molecular formula is C16H20N2S. The number of aryl methyl sites for hydroxylation is 2. The summed E-state index contributed by atoms with van der Waals surface area (Å²) >= 11 is 1.89. The predicted molar refractivity (Wildman–Crippen MR) is 80.7 cm³/mol. The fourth-order valence-corrected chi connectivity index (χ4v) is 4.00.